The third kappa shape index (κ3) is 2.16. The fourth-order valence-corrected chi connectivity index (χ4v) is 2.13. The minimum atomic E-state index is 0.315. The van der Waals surface area contributed by atoms with E-state index >= 15 is 0 Å². The molecule has 1 saturated carbocycles. The van der Waals surface area contributed by atoms with Crippen molar-refractivity contribution in [2.75, 3.05) is 13.1 Å². The van der Waals surface area contributed by atoms with Gasteiger partial charge >= 0.3 is 0 Å². The van der Waals surface area contributed by atoms with Crippen LogP contribution in [-0.4, -0.2) is 29.2 Å². The van der Waals surface area contributed by atoms with Crippen molar-refractivity contribution >= 4 is 0 Å². The summed E-state index contributed by atoms with van der Waals surface area (Å²) >= 11 is 0. The quantitative estimate of drug-likeness (QED) is 0.836. The molecule has 0 aromatic carbocycles. The van der Waals surface area contributed by atoms with E-state index in [9.17, 15) is 0 Å². The fourth-order valence-electron chi connectivity index (χ4n) is 2.13. The molecule has 1 aliphatic heterocycles. The molecular formula is C12H17N3O. The highest BCUT2D eigenvalue weighted by Crippen LogP contribution is 2.42. The summed E-state index contributed by atoms with van der Waals surface area (Å²) in [6.07, 6.45) is 8.42. The van der Waals surface area contributed by atoms with Crippen molar-refractivity contribution in [3.63, 3.8) is 0 Å². The standard InChI is InChI=1S/C12H17N3O/c1-2-9(1)11-12(15-8-7-14-11)16-10-3-5-13-6-4-10/h7-10,13H,1-6H2. The van der Waals surface area contributed by atoms with Crippen molar-refractivity contribution in [1.82, 2.24) is 15.3 Å². The molecule has 0 atom stereocenters. The van der Waals surface area contributed by atoms with E-state index in [0.717, 1.165) is 37.5 Å². The van der Waals surface area contributed by atoms with Crippen molar-refractivity contribution in [3.8, 4) is 5.88 Å². The monoisotopic (exact) mass is 219 g/mol. The lowest BCUT2D eigenvalue weighted by Gasteiger charge is -2.23. The highest BCUT2D eigenvalue weighted by atomic mass is 16.5. The molecule has 3 rings (SSSR count). The van der Waals surface area contributed by atoms with Crippen LogP contribution in [0.3, 0.4) is 0 Å². The number of piperidine rings is 1. The van der Waals surface area contributed by atoms with Gasteiger partial charge in [-0.25, -0.2) is 4.98 Å². The lowest BCUT2D eigenvalue weighted by atomic mass is 10.1. The van der Waals surface area contributed by atoms with Gasteiger partial charge in [0.05, 0.1) is 0 Å². The van der Waals surface area contributed by atoms with Crippen LogP contribution in [0.25, 0.3) is 0 Å². The van der Waals surface area contributed by atoms with Gasteiger partial charge in [0.15, 0.2) is 0 Å². The maximum Gasteiger partial charge on any atom is 0.236 e. The summed E-state index contributed by atoms with van der Waals surface area (Å²) < 4.78 is 5.97. The predicted molar refractivity (Wildman–Crippen MR) is 60.5 cm³/mol. The van der Waals surface area contributed by atoms with Gasteiger partial charge in [-0.2, -0.15) is 0 Å². The van der Waals surface area contributed by atoms with Crippen LogP contribution in [0.2, 0.25) is 0 Å². The van der Waals surface area contributed by atoms with E-state index in [-0.39, 0.29) is 0 Å². The van der Waals surface area contributed by atoms with Crippen molar-refractivity contribution in [2.45, 2.75) is 37.7 Å². The smallest absolute Gasteiger partial charge is 0.236 e. The van der Waals surface area contributed by atoms with Crippen LogP contribution in [0.1, 0.15) is 37.3 Å². The third-order valence-corrected chi connectivity index (χ3v) is 3.22. The average molecular weight is 219 g/mol. The highest BCUT2D eigenvalue weighted by molar-refractivity contribution is 5.25. The van der Waals surface area contributed by atoms with Crippen molar-refractivity contribution < 1.29 is 4.74 Å². The van der Waals surface area contributed by atoms with Crippen LogP contribution in [0, 0.1) is 0 Å². The van der Waals surface area contributed by atoms with Gasteiger partial charge in [0.25, 0.3) is 0 Å². The van der Waals surface area contributed by atoms with Gasteiger partial charge in [-0.05, 0) is 38.8 Å². The summed E-state index contributed by atoms with van der Waals surface area (Å²) in [4.78, 5) is 8.73. The molecular weight excluding hydrogens is 202 g/mol. The number of nitrogens with one attached hydrogen (secondary N) is 1. The second kappa shape index (κ2) is 4.37. The van der Waals surface area contributed by atoms with Crippen LogP contribution in [0.5, 0.6) is 5.88 Å². The van der Waals surface area contributed by atoms with Gasteiger partial charge in [0, 0.05) is 18.3 Å². The molecule has 4 heteroatoms. The first kappa shape index (κ1) is 10.0. The number of rotatable bonds is 3. The SMILES string of the molecule is c1cnc(C2CC2)c(OC2CCNCC2)n1. The third-order valence-electron chi connectivity index (χ3n) is 3.22. The Morgan fingerprint density at radius 2 is 1.81 bits per heavy atom. The summed E-state index contributed by atoms with van der Waals surface area (Å²) in [6.45, 7) is 2.09. The first-order valence-electron chi connectivity index (χ1n) is 6.12. The van der Waals surface area contributed by atoms with Gasteiger partial charge in [-0.1, -0.05) is 0 Å². The van der Waals surface area contributed by atoms with Crippen molar-refractivity contribution in [1.29, 1.82) is 0 Å². The lowest BCUT2D eigenvalue weighted by molar-refractivity contribution is 0.153. The molecule has 1 aromatic rings. The van der Waals surface area contributed by atoms with Gasteiger partial charge in [-0.3, -0.25) is 4.98 Å². The van der Waals surface area contributed by atoms with Gasteiger partial charge in [0.1, 0.15) is 11.8 Å². The highest BCUT2D eigenvalue weighted by Gasteiger charge is 2.30. The predicted octanol–water partition coefficient (Wildman–Crippen LogP) is 1.48. The Balaban J connectivity index is 1.72. The molecule has 1 aliphatic carbocycles. The number of ether oxygens (including phenoxy) is 1. The average Bonchev–Trinajstić information content (AvgIpc) is 3.15. The Morgan fingerprint density at radius 3 is 2.56 bits per heavy atom. The van der Waals surface area contributed by atoms with Gasteiger partial charge in [-0.15, -0.1) is 0 Å². The fraction of sp³-hybridized carbons (Fsp3) is 0.667. The zero-order valence-corrected chi connectivity index (χ0v) is 9.35. The first-order valence-corrected chi connectivity index (χ1v) is 6.12. The summed E-state index contributed by atoms with van der Waals surface area (Å²) in [5.41, 5.74) is 1.07. The molecule has 2 aliphatic rings. The Morgan fingerprint density at radius 1 is 1.06 bits per heavy atom. The van der Waals surface area contributed by atoms with E-state index in [2.05, 4.69) is 15.3 Å². The summed E-state index contributed by atoms with van der Waals surface area (Å²) in [6, 6.07) is 0. The molecule has 0 amide bonds. The maximum absolute atomic E-state index is 5.97. The van der Waals surface area contributed by atoms with E-state index in [1.807, 2.05) is 0 Å². The molecule has 0 bridgehead atoms. The van der Waals surface area contributed by atoms with Gasteiger partial charge in [0.2, 0.25) is 5.88 Å². The number of nitrogens with zero attached hydrogens (tertiary/aromatic N) is 2. The topological polar surface area (TPSA) is 47.0 Å². The van der Waals surface area contributed by atoms with Crippen molar-refractivity contribution in [2.24, 2.45) is 0 Å². The summed E-state index contributed by atoms with van der Waals surface area (Å²) in [5, 5.41) is 3.33. The Kier molecular flexibility index (Phi) is 2.74. The van der Waals surface area contributed by atoms with Crippen LogP contribution in [-0.2, 0) is 0 Å². The minimum Gasteiger partial charge on any atom is -0.473 e. The van der Waals surface area contributed by atoms with E-state index < -0.39 is 0 Å². The van der Waals surface area contributed by atoms with Crippen LogP contribution < -0.4 is 10.1 Å². The van der Waals surface area contributed by atoms with E-state index in [4.69, 9.17) is 4.74 Å². The lowest BCUT2D eigenvalue weighted by Crippen LogP contribution is -2.34. The second-order valence-corrected chi connectivity index (χ2v) is 4.59. The molecule has 4 nitrogen and oxygen atoms in total. The van der Waals surface area contributed by atoms with Gasteiger partial charge < -0.3 is 10.1 Å². The normalized spacial score (nSPS) is 22.0. The molecule has 2 heterocycles. The molecule has 1 N–H and O–H groups in total. The van der Waals surface area contributed by atoms with E-state index in [0.29, 0.717) is 12.0 Å². The van der Waals surface area contributed by atoms with E-state index in [1.165, 1.54) is 12.8 Å². The zero-order valence-electron chi connectivity index (χ0n) is 9.35. The van der Waals surface area contributed by atoms with Crippen LogP contribution in [0.15, 0.2) is 12.4 Å². The molecule has 0 unspecified atom stereocenters. The Bertz CT molecular complexity index is 359. The largest absolute Gasteiger partial charge is 0.473 e. The molecule has 2 fully saturated rings. The van der Waals surface area contributed by atoms with Crippen LogP contribution in [0.4, 0.5) is 0 Å². The molecule has 86 valence electrons. The molecule has 0 spiro atoms. The minimum absolute atomic E-state index is 0.315. The van der Waals surface area contributed by atoms with Crippen LogP contribution >= 0.6 is 0 Å². The number of aromatic nitrogens is 2. The first-order chi connectivity index (χ1) is 7.93. The Hall–Kier alpha value is -1.16. The number of hydrogen-bond donors (Lipinski definition) is 1. The maximum atomic E-state index is 5.97. The number of hydrogen-bond acceptors (Lipinski definition) is 4. The zero-order chi connectivity index (χ0) is 10.8. The second-order valence-electron chi connectivity index (χ2n) is 4.59. The van der Waals surface area contributed by atoms with E-state index in [1.54, 1.807) is 12.4 Å². The van der Waals surface area contributed by atoms with Crippen molar-refractivity contribution in [3.05, 3.63) is 18.1 Å². The summed E-state index contributed by atoms with van der Waals surface area (Å²) in [5.74, 6) is 1.38. The summed E-state index contributed by atoms with van der Waals surface area (Å²) in [7, 11) is 0. The molecule has 1 aromatic heterocycles. The Labute approximate surface area is 95.4 Å². The molecule has 0 radical (unpaired) electrons. The molecule has 16 heavy (non-hydrogen) atoms. The molecule has 1 saturated heterocycles.